The van der Waals surface area contributed by atoms with Crippen molar-refractivity contribution in [3.05, 3.63) is 60.3 Å². The van der Waals surface area contributed by atoms with Crippen LogP contribution in [0.25, 0.3) is 11.0 Å². The molecule has 2 fully saturated rings. The molecule has 0 unspecified atom stereocenters. The molecule has 11 heteroatoms. The monoisotopic (exact) mass is 644 g/mol. The molecule has 2 aromatic heterocycles. The zero-order valence-corrected chi connectivity index (χ0v) is 29.0. The number of hydrogen-bond donors (Lipinski definition) is 3. The van der Waals surface area contributed by atoms with Gasteiger partial charge in [-0.2, -0.15) is 9.97 Å². The van der Waals surface area contributed by atoms with Crippen LogP contribution in [0.1, 0.15) is 52.0 Å². The molecule has 10 nitrogen and oxygen atoms in total. The van der Waals surface area contributed by atoms with Gasteiger partial charge < -0.3 is 29.6 Å². The molecule has 2 aromatic carbocycles. The van der Waals surface area contributed by atoms with E-state index in [1.165, 1.54) is 50.3 Å². The van der Waals surface area contributed by atoms with E-state index in [-0.39, 0.29) is 0 Å². The van der Waals surface area contributed by atoms with Crippen molar-refractivity contribution < 1.29 is 9.05 Å². The van der Waals surface area contributed by atoms with Crippen LogP contribution < -0.4 is 20.8 Å². The van der Waals surface area contributed by atoms with Gasteiger partial charge in [0, 0.05) is 83.1 Å². The summed E-state index contributed by atoms with van der Waals surface area (Å²) in [4.78, 5) is 20.9. The van der Waals surface area contributed by atoms with Crippen LogP contribution in [-0.2, 0) is 9.05 Å². The maximum Gasteiger partial charge on any atom is 0.231 e. The fourth-order valence-corrected chi connectivity index (χ4v) is 7.91. The van der Waals surface area contributed by atoms with Gasteiger partial charge in [0.15, 0.2) is 0 Å². The summed E-state index contributed by atoms with van der Waals surface area (Å²) >= 11 is 0. The first kappa shape index (κ1) is 32.7. The maximum atomic E-state index is 5.61. The smallest absolute Gasteiger partial charge is 0.231 e. The van der Waals surface area contributed by atoms with Gasteiger partial charge in [0.2, 0.25) is 14.3 Å². The third-order valence-corrected chi connectivity index (χ3v) is 10.9. The highest BCUT2D eigenvalue weighted by Crippen LogP contribution is 2.39. The molecule has 2 saturated heterocycles. The third-order valence-electron chi connectivity index (χ3n) is 9.41. The summed E-state index contributed by atoms with van der Waals surface area (Å²) in [5.41, 5.74) is 5.31. The van der Waals surface area contributed by atoms with Crippen LogP contribution in [0.15, 0.2) is 54.7 Å². The van der Waals surface area contributed by atoms with Gasteiger partial charge in [0.05, 0.1) is 16.4 Å². The van der Waals surface area contributed by atoms with Crippen LogP contribution in [0.3, 0.4) is 0 Å². The third kappa shape index (κ3) is 7.16. The highest BCUT2D eigenvalue weighted by Gasteiger charge is 2.29. The van der Waals surface area contributed by atoms with E-state index < -0.39 is 8.38 Å². The van der Waals surface area contributed by atoms with Crippen LogP contribution in [0.4, 0.5) is 28.8 Å². The molecule has 0 amide bonds. The minimum atomic E-state index is -1.21. The van der Waals surface area contributed by atoms with Crippen molar-refractivity contribution in [3.63, 3.8) is 0 Å². The predicted molar refractivity (Wildman–Crippen MR) is 192 cm³/mol. The Bertz CT molecular complexity index is 1590. The molecule has 0 saturated carbocycles. The van der Waals surface area contributed by atoms with E-state index in [1.807, 2.05) is 36.5 Å². The van der Waals surface area contributed by atoms with Crippen LogP contribution in [0.2, 0.25) is 0 Å². The van der Waals surface area contributed by atoms with E-state index in [1.54, 1.807) is 14.2 Å². The molecule has 2 aliphatic rings. The molecular formula is C35H49N8O2P. The number of H-pyrrole nitrogens is 1. The Hall–Kier alpha value is -3.27. The van der Waals surface area contributed by atoms with Gasteiger partial charge in [-0.25, -0.2) is 0 Å². The van der Waals surface area contributed by atoms with Gasteiger partial charge >= 0.3 is 0 Å². The number of piperidine rings is 1. The summed E-state index contributed by atoms with van der Waals surface area (Å²) in [5.74, 6) is 1.62. The Kier molecular flexibility index (Phi) is 10.4. The molecule has 0 radical (unpaired) electrons. The second-order valence-electron chi connectivity index (χ2n) is 12.8. The van der Waals surface area contributed by atoms with Crippen molar-refractivity contribution in [2.45, 2.75) is 58.5 Å². The second-order valence-corrected chi connectivity index (χ2v) is 14.6. The topological polar surface area (TPSA) is 93.8 Å². The first-order valence-corrected chi connectivity index (χ1v) is 17.8. The molecule has 6 rings (SSSR count). The molecule has 0 bridgehead atoms. The van der Waals surface area contributed by atoms with E-state index in [0.29, 0.717) is 29.8 Å². The van der Waals surface area contributed by atoms with Gasteiger partial charge in [-0.3, -0.25) is 9.80 Å². The number of aromatic amines is 1. The highest BCUT2D eigenvalue weighted by atomic mass is 31.2. The number of anilines is 5. The summed E-state index contributed by atoms with van der Waals surface area (Å²) in [6.07, 6.45) is 4.33. The van der Waals surface area contributed by atoms with E-state index in [4.69, 9.17) is 19.0 Å². The molecule has 0 aliphatic carbocycles. The van der Waals surface area contributed by atoms with Crippen LogP contribution in [0, 0.1) is 0 Å². The lowest BCUT2D eigenvalue weighted by Crippen LogP contribution is -2.54. The van der Waals surface area contributed by atoms with E-state index in [0.717, 1.165) is 40.8 Å². The Labute approximate surface area is 274 Å². The van der Waals surface area contributed by atoms with Gasteiger partial charge in [-0.1, -0.05) is 26.0 Å². The molecular weight excluding hydrogens is 595 g/mol. The summed E-state index contributed by atoms with van der Waals surface area (Å²) in [6.45, 7) is 16.1. The molecule has 0 spiro atoms. The van der Waals surface area contributed by atoms with Gasteiger partial charge in [0.1, 0.15) is 11.5 Å². The predicted octanol–water partition coefficient (Wildman–Crippen LogP) is 6.79. The van der Waals surface area contributed by atoms with E-state index in [9.17, 15) is 0 Å². The molecule has 3 N–H and O–H groups in total. The largest absolute Gasteiger partial charge is 0.371 e. The minimum absolute atomic E-state index is 0.385. The second kappa shape index (κ2) is 14.7. The quantitative estimate of drug-likeness (QED) is 0.153. The van der Waals surface area contributed by atoms with Crippen molar-refractivity contribution in [3.8, 4) is 0 Å². The van der Waals surface area contributed by atoms with Crippen LogP contribution in [0.5, 0.6) is 0 Å². The zero-order chi connectivity index (χ0) is 32.2. The Morgan fingerprint density at radius 2 is 1.61 bits per heavy atom. The molecule has 4 heterocycles. The van der Waals surface area contributed by atoms with E-state index >= 15 is 0 Å². The van der Waals surface area contributed by atoms with Crippen molar-refractivity contribution in [1.82, 2.24) is 24.8 Å². The van der Waals surface area contributed by atoms with Crippen LogP contribution in [-0.4, -0.2) is 90.3 Å². The number of rotatable bonds is 11. The van der Waals surface area contributed by atoms with Gasteiger partial charge in [-0.05, 0) is 74.6 Å². The summed E-state index contributed by atoms with van der Waals surface area (Å²) in [5, 5.41) is 8.89. The van der Waals surface area contributed by atoms with Crippen molar-refractivity contribution >= 4 is 53.5 Å². The number of benzene rings is 2. The van der Waals surface area contributed by atoms with Crippen LogP contribution >= 0.6 is 8.38 Å². The van der Waals surface area contributed by atoms with Crippen molar-refractivity contribution in [2.75, 3.05) is 69.0 Å². The summed E-state index contributed by atoms with van der Waals surface area (Å²) in [7, 11) is 2.11. The fourth-order valence-electron chi connectivity index (χ4n) is 6.83. The molecule has 0 atom stereocenters. The molecule has 2 aliphatic heterocycles. The SMILES string of the molecule is COP(OC)c1ccccc1Nc1nc(Nc2ccc(N3CCC(N4CCN(C(C)C)CC4)CC3)c(C(C)C)c2)nc2[nH]ccc12. The number of para-hydroxylation sites is 1. The number of fused-ring (bicyclic) bond motifs is 1. The average Bonchev–Trinajstić information content (AvgIpc) is 3.55. The number of nitrogens with one attached hydrogen (secondary N) is 3. The lowest BCUT2D eigenvalue weighted by molar-refractivity contribution is 0.0692. The summed E-state index contributed by atoms with van der Waals surface area (Å²) < 4.78 is 11.2. The first-order valence-electron chi connectivity index (χ1n) is 16.6. The Morgan fingerprint density at radius 1 is 0.870 bits per heavy atom. The van der Waals surface area contributed by atoms with Crippen molar-refractivity contribution in [1.29, 1.82) is 0 Å². The summed E-state index contributed by atoms with van der Waals surface area (Å²) in [6, 6.07) is 18.0. The highest BCUT2D eigenvalue weighted by molar-refractivity contribution is 7.56. The number of hydrogen-bond acceptors (Lipinski definition) is 9. The number of piperazine rings is 1. The lowest BCUT2D eigenvalue weighted by Gasteiger charge is -2.44. The normalized spacial score (nSPS) is 17.1. The van der Waals surface area contributed by atoms with E-state index in [2.05, 4.69) is 76.2 Å². The number of aromatic nitrogens is 3. The molecule has 46 heavy (non-hydrogen) atoms. The fraction of sp³-hybridized carbons (Fsp3) is 0.486. The lowest BCUT2D eigenvalue weighted by atomic mass is 9.96. The zero-order valence-electron chi connectivity index (χ0n) is 28.1. The first-order chi connectivity index (χ1) is 22.3. The standard InChI is InChI=1S/C35H49N8O2P/c1-24(2)29-23-26(11-12-31(29)43-17-14-27(15-18-43)42-21-19-41(20-22-42)25(3)4)37-35-39-33-28(13-16-36-33)34(40-35)38-30-9-7-8-10-32(30)46(44-5)45-6/h7-13,16,23-25,27H,14-15,17-22H2,1-6H3,(H3,36,37,38,39,40). The van der Waals surface area contributed by atoms with Gasteiger partial charge in [-0.15, -0.1) is 0 Å². The Morgan fingerprint density at radius 3 is 2.30 bits per heavy atom. The maximum absolute atomic E-state index is 5.61. The van der Waals surface area contributed by atoms with Gasteiger partial charge in [0.25, 0.3) is 0 Å². The molecule has 4 aromatic rings. The molecule has 246 valence electrons. The Balaban J connectivity index is 1.18. The average molecular weight is 645 g/mol. The minimum Gasteiger partial charge on any atom is -0.371 e. The van der Waals surface area contributed by atoms with Crippen molar-refractivity contribution in [2.24, 2.45) is 0 Å². The number of nitrogens with zero attached hydrogens (tertiary/aromatic N) is 5.